The third-order valence-corrected chi connectivity index (χ3v) is 10.2. The Labute approximate surface area is 246 Å². The molecule has 0 radical (unpaired) electrons. The normalized spacial score (nSPS) is 36.5. The van der Waals surface area contributed by atoms with Crippen molar-refractivity contribution in [1.29, 1.82) is 0 Å². The molecule has 2 heterocycles. The summed E-state index contributed by atoms with van der Waals surface area (Å²) in [6, 6.07) is 0. The maximum absolute atomic E-state index is 13.1. The number of rotatable bonds is 10. The number of epoxide rings is 1. The van der Waals surface area contributed by atoms with Crippen LogP contribution < -0.4 is 0 Å². The maximum atomic E-state index is 13.1. The number of carbonyl (C=O) groups excluding carboxylic acids is 5. The van der Waals surface area contributed by atoms with E-state index < -0.39 is 64.5 Å². The lowest BCUT2D eigenvalue weighted by molar-refractivity contribution is -0.259. The third kappa shape index (κ3) is 5.81. The highest BCUT2D eigenvalue weighted by Crippen LogP contribution is 2.69. The van der Waals surface area contributed by atoms with Gasteiger partial charge in [0.1, 0.15) is 37.1 Å². The molecule has 11 nitrogen and oxygen atoms in total. The lowest BCUT2D eigenvalue weighted by atomic mass is 9.42. The Morgan fingerprint density at radius 3 is 2.29 bits per heavy atom. The fourth-order valence-corrected chi connectivity index (χ4v) is 7.71. The molecule has 0 bridgehead atoms. The third-order valence-electron chi connectivity index (χ3n) is 10.2. The van der Waals surface area contributed by atoms with E-state index in [1.165, 1.54) is 26.8 Å². The molecule has 1 spiro atoms. The zero-order valence-electron chi connectivity index (χ0n) is 25.7. The topological polar surface area (TPSA) is 144 Å². The largest absolute Gasteiger partial charge is 0.465 e. The minimum Gasteiger partial charge on any atom is -0.465 e. The Balaban J connectivity index is 1.87. The van der Waals surface area contributed by atoms with Gasteiger partial charge in [0.2, 0.25) is 0 Å². The van der Waals surface area contributed by atoms with E-state index in [9.17, 15) is 24.0 Å². The summed E-state index contributed by atoms with van der Waals surface area (Å²) in [5.74, 6) is -3.36. The van der Waals surface area contributed by atoms with Crippen LogP contribution in [0, 0.1) is 28.6 Å². The zero-order valence-corrected chi connectivity index (χ0v) is 25.7. The second-order valence-corrected chi connectivity index (χ2v) is 12.8. The van der Waals surface area contributed by atoms with Crippen LogP contribution in [-0.2, 0) is 52.4 Å². The molecule has 0 amide bonds. The Hall–Kier alpha value is -2.95. The van der Waals surface area contributed by atoms with Crippen molar-refractivity contribution in [2.45, 2.75) is 104 Å². The first-order valence-electron chi connectivity index (χ1n) is 14.9. The molecule has 1 saturated heterocycles. The summed E-state index contributed by atoms with van der Waals surface area (Å²) < 4.78 is 35.2. The van der Waals surface area contributed by atoms with Gasteiger partial charge in [-0.1, -0.05) is 27.7 Å². The number of hydrogen-bond donors (Lipinski definition) is 0. The van der Waals surface area contributed by atoms with Crippen LogP contribution in [0.3, 0.4) is 0 Å². The van der Waals surface area contributed by atoms with E-state index in [0.717, 1.165) is 0 Å². The molecule has 2 aliphatic heterocycles. The Kier molecular flexibility index (Phi) is 9.11. The molecule has 0 unspecified atom stereocenters. The van der Waals surface area contributed by atoms with Gasteiger partial charge < -0.3 is 28.4 Å². The van der Waals surface area contributed by atoms with E-state index in [1.54, 1.807) is 6.92 Å². The molecule has 234 valence electrons. The van der Waals surface area contributed by atoms with Gasteiger partial charge in [0, 0.05) is 38.3 Å². The minimum absolute atomic E-state index is 0.00149. The molecule has 9 atom stereocenters. The van der Waals surface area contributed by atoms with Gasteiger partial charge in [-0.05, 0) is 43.4 Å². The van der Waals surface area contributed by atoms with Crippen LogP contribution in [0.4, 0.5) is 0 Å². The fourth-order valence-electron chi connectivity index (χ4n) is 7.71. The van der Waals surface area contributed by atoms with Crippen molar-refractivity contribution in [2.24, 2.45) is 28.6 Å². The summed E-state index contributed by atoms with van der Waals surface area (Å²) in [7, 11) is 0. The first-order chi connectivity index (χ1) is 19.7. The number of cyclic esters (lactones) is 1. The summed E-state index contributed by atoms with van der Waals surface area (Å²) >= 11 is 0. The van der Waals surface area contributed by atoms with Crippen LogP contribution >= 0.6 is 0 Å². The zero-order chi connectivity index (χ0) is 31.0. The van der Waals surface area contributed by atoms with E-state index in [4.69, 9.17) is 28.4 Å². The molecule has 0 aromatic heterocycles. The van der Waals surface area contributed by atoms with Crippen molar-refractivity contribution in [1.82, 2.24) is 0 Å². The smallest absolute Gasteiger partial charge is 0.331 e. The number of hydrogen-bond acceptors (Lipinski definition) is 11. The second-order valence-electron chi connectivity index (χ2n) is 12.8. The first kappa shape index (κ1) is 32.0. The number of fused-ring (bicyclic) bond motifs is 2. The SMILES string of the molecule is CC[C@@H](C)C(=O)O[C@H](C[C@]1(C)[C@H]2[C@H](OC(C)=O)CC[C@]3(CO3)[C@]2(COC(C)=O)[C@@H](OC(C)=O)C[C@@H]1C)C1=CC(=O)OC1. The van der Waals surface area contributed by atoms with Crippen molar-refractivity contribution in [2.75, 3.05) is 19.8 Å². The number of carbonyl (C=O) groups is 5. The highest BCUT2D eigenvalue weighted by molar-refractivity contribution is 5.85. The summed E-state index contributed by atoms with van der Waals surface area (Å²) in [5, 5.41) is 0. The highest BCUT2D eigenvalue weighted by Gasteiger charge is 2.77. The summed E-state index contributed by atoms with van der Waals surface area (Å²) in [6.45, 7) is 12.0. The molecule has 0 aromatic carbocycles. The molecule has 4 aliphatic rings. The van der Waals surface area contributed by atoms with E-state index in [2.05, 4.69) is 6.92 Å². The van der Waals surface area contributed by atoms with Gasteiger partial charge in [0.05, 0.1) is 17.9 Å². The molecule has 0 aromatic rings. The standard InChI is InChI=1S/C31H44O11/c1-8-17(2)28(36)42-24(22-12-26(35)37-14-22)13-29(7)18(3)11-25(41-21(6)34)31(16-38-19(4)32)27(29)23(40-20(5)33)9-10-30(31)15-39-30/h12,17-18,23-25,27H,8-11,13-16H2,1-7H3/t17-,18+,23-,24-,25+,27-,29+,30+,31-/m1/s1. The van der Waals surface area contributed by atoms with Gasteiger partial charge in [-0.25, -0.2) is 4.79 Å². The monoisotopic (exact) mass is 592 g/mol. The lowest BCUT2D eigenvalue weighted by Crippen LogP contribution is -2.71. The van der Waals surface area contributed by atoms with Crippen molar-refractivity contribution in [3.63, 3.8) is 0 Å². The van der Waals surface area contributed by atoms with Gasteiger partial charge in [0.25, 0.3) is 0 Å². The average molecular weight is 593 g/mol. The quantitative estimate of drug-likeness (QED) is 0.209. The van der Waals surface area contributed by atoms with Crippen molar-refractivity contribution in [3.8, 4) is 0 Å². The van der Waals surface area contributed by atoms with Crippen molar-refractivity contribution in [3.05, 3.63) is 11.6 Å². The number of ether oxygens (including phenoxy) is 6. The van der Waals surface area contributed by atoms with Gasteiger partial charge in [0.15, 0.2) is 0 Å². The van der Waals surface area contributed by atoms with Gasteiger partial charge >= 0.3 is 29.8 Å². The van der Waals surface area contributed by atoms with Crippen LogP contribution in [-0.4, -0.2) is 73.6 Å². The molecule has 42 heavy (non-hydrogen) atoms. The highest BCUT2D eigenvalue weighted by atomic mass is 16.6. The minimum atomic E-state index is -1.05. The van der Waals surface area contributed by atoms with Crippen molar-refractivity contribution < 1.29 is 52.4 Å². The van der Waals surface area contributed by atoms with Crippen LogP contribution in [0.15, 0.2) is 11.6 Å². The predicted octanol–water partition coefficient (Wildman–Crippen LogP) is 3.46. The van der Waals surface area contributed by atoms with Crippen LogP contribution in [0.1, 0.15) is 80.6 Å². The fraction of sp³-hybridized carbons (Fsp3) is 0.774. The predicted molar refractivity (Wildman–Crippen MR) is 146 cm³/mol. The van der Waals surface area contributed by atoms with E-state index in [-0.39, 0.29) is 37.4 Å². The van der Waals surface area contributed by atoms with Gasteiger partial charge in [-0.3, -0.25) is 19.2 Å². The first-order valence-corrected chi connectivity index (χ1v) is 14.9. The van der Waals surface area contributed by atoms with Gasteiger partial charge in [-0.15, -0.1) is 0 Å². The summed E-state index contributed by atoms with van der Waals surface area (Å²) in [6.07, 6.45) is 1.53. The Morgan fingerprint density at radius 2 is 1.76 bits per heavy atom. The Bertz CT molecular complexity index is 1140. The summed E-state index contributed by atoms with van der Waals surface area (Å²) in [4.78, 5) is 62.3. The Morgan fingerprint density at radius 1 is 1.10 bits per heavy atom. The molecular weight excluding hydrogens is 548 g/mol. The van der Waals surface area contributed by atoms with Crippen molar-refractivity contribution >= 4 is 29.8 Å². The van der Waals surface area contributed by atoms with Crippen LogP contribution in [0.25, 0.3) is 0 Å². The van der Waals surface area contributed by atoms with E-state index >= 15 is 0 Å². The molecule has 2 aliphatic carbocycles. The van der Waals surface area contributed by atoms with E-state index in [0.29, 0.717) is 37.9 Å². The molecule has 4 rings (SSSR count). The maximum Gasteiger partial charge on any atom is 0.331 e. The molecule has 2 saturated carbocycles. The average Bonchev–Trinajstić information content (AvgIpc) is 3.56. The molecular formula is C31H44O11. The van der Waals surface area contributed by atoms with E-state index in [1.807, 2.05) is 13.8 Å². The molecule has 3 fully saturated rings. The lowest BCUT2D eigenvalue weighted by Gasteiger charge is -2.64. The second kappa shape index (κ2) is 12.0. The molecule has 0 N–H and O–H groups in total. The van der Waals surface area contributed by atoms with Crippen LogP contribution in [0.2, 0.25) is 0 Å². The summed E-state index contributed by atoms with van der Waals surface area (Å²) in [5.41, 5.74) is -2.00. The molecule has 11 heteroatoms. The van der Waals surface area contributed by atoms with Crippen LogP contribution in [0.5, 0.6) is 0 Å². The number of esters is 5. The van der Waals surface area contributed by atoms with Gasteiger partial charge in [-0.2, -0.15) is 0 Å².